The van der Waals surface area contributed by atoms with Crippen LogP contribution in [0.2, 0.25) is 0 Å². The number of imidazole rings is 1. The van der Waals surface area contributed by atoms with Crippen molar-refractivity contribution in [3.63, 3.8) is 0 Å². The van der Waals surface area contributed by atoms with Crippen molar-refractivity contribution in [2.75, 3.05) is 19.6 Å². The summed E-state index contributed by atoms with van der Waals surface area (Å²) in [5, 5.41) is 6.40. The van der Waals surface area contributed by atoms with Gasteiger partial charge in [-0.2, -0.15) is 0 Å². The number of aromatic nitrogens is 2. The lowest BCUT2D eigenvalue weighted by molar-refractivity contribution is -0.121. The first-order valence-electron chi connectivity index (χ1n) is 8.39. The molecule has 0 aliphatic carbocycles. The van der Waals surface area contributed by atoms with E-state index >= 15 is 0 Å². The van der Waals surface area contributed by atoms with Crippen molar-refractivity contribution in [3.05, 3.63) is 34.2 Å². The highest BCUT2D eigenvalue weighted by Crippen LogP contribution is 2.13. The van der Waals surface area contributed by atoms with Crippen LogP contribution >= 0.6 is 0 Å². The Hall–Kier alpha value is -2.08. The first-order chi connectivity index (χ1) is 11.2. The molecule has 0 spiro atoms. The first kappa shape index (κ1) is 15.8. The minimum absolute atomic E-state index is 0.131. The fourth-order valence-corrected chi connectivity index (χ4v) is 3.13. The van der Waals surface area contributed by atoms with Gasteiger partial charge in [0, 0.05) is 13.0 Å². The van der Waals surface area contributed by atoms with Gasteiger partial charge in [0.15, 0.2) is 0 Å². The second-order valence-electron chi connectivity index (χ2n) is 6.33. The zero-order chi connectivity index (χ0) is 16.1. The summed E-state index contributed by atoms with van der Waals surface area (Å²) in [7, 11) is 0. The minimum atomic E-state index is -0.186. The van der Waals surface area contributed by atoms with E-state index in [0.29, 0.717) is 12.3 Å². The van der Waals surface area contributed by atoms with Gasteiger partial charge < -0.3 is 20.6 Å². The molecule has 1 aromatic heterocycles. The third-order valence-electron chi connectivity index (χ3n) is 4.44. The van der Waals surface area contributed by atoms with E-state index in [1.165, 1.54) is 12.8 Å². The molecule has 1 amide bonds. The van der Waals surface area contributed by atoms with Gasteiger partial charge in [-0.05, 0) is 62.4 Å². The molecule has 6 nitrogen and oxygen atoms in total. The number of benzene rings is 1. The van der Waals surface area contributed by atoms with E-state index < -0.39 is 0 Å². The summed E-state index contributed by atoms with van der Waals surface area (Å²) in [6, 6.07) is 5.87. The van der Waals surface area contributed by atoms with Crippen molar-refractivity contribution in [2.24, 2.45) is 5.92 Å². The molecule has 6 heteroatoms. The molecule has 1 aromatic carbocycles. The molecular formula is C17H24N4O2. The molecule has 0 bridgehead atoms. The number of hydrogen-bond acceptors (Lipinski definition) is 3. The molecule has 0 radical (unpaired) electrons. The number of aromatic amines is 2. The van der Waals surface area contributed by atoms with Crippen LogP contribution in [0.1, 0.15) is 31.2 Å². The zero-order valence-electron chi connectivity index (χ0n) is 13.3. The molecule has 3 rings (SSSR count). The van der Waals surface area contributed by atoms with Gasteiger partial charge in [-0.15, -0.1) is 0 Å². The second kappa shape index (κ2) is 7.46. The molecule has 0 saturated carbocycles. The third-order valence-corrected chi connectivity index (χ3v) is 4.44. The molecular weight excluding hydrogens is 292 g/mol. The Labute approximate surface area is 135 Å². The largest absolute Gasteiger partial charge is 0.356 e. The average molecular weight is 316 g/mol. The molecule has 1 saturated heterocycles. The normalized spacial score (nSPS) is 18.2. The number of amides is 1. The van der Waals surface area contributed by atoms with Crippen LogP contribution in [0.3, 0.4) is 0 Å². The Balaban J connectivity index is 1.40. The molecule has 2 aromatic rings. The van der Waals surface area contributed by atoms with Crippen LogP contribution in [-0.4, -0.2) is 35.5 Å². The lowest BCUT2D eigenvalue weighted by Gasteiger charge is -2.22. The second-order valence-corrected chi connectivity index (χ2v) is 6.33. The molecule has 1 aliphatic rings. The van der Waals surface area contributed by atoms with E-state index in [4.69, 9.17) is 0 Å². The van der Waals surface area contributed by atoms with Crippen molar-refractivity contribution in [2.45, 2.75) is 32.1 Å². The van der Waals surface area contributed by atoms with Crippen LogP contribution in [0.25, 0.3) is 11.0 Å². The standard InChI is InChI=1S/C17H24N4O2/c22-16(19-11-13-4-2-8-18-10-13)5-1-3-12-6-7-14-15(9-12)21-17(23)20-14/h6-7,9,13,18H,1-5,8,10-11H2,(H,19,22)(H2,20,21,23). The zero-order valence-corrected chi connectivity index (χ0v) is 13.3. The smallest absolute Gasteiger partial charge is 0.323 e. The van der Waals surface area contributed by atoms with Crippen LogP contribution in [-0.2, 0) is 11.2 Å². The predicted octanol–water partition coefficient (Wildman–Crippen LogP) is 1.29. The summed E-state index contributed by atoms with van der Waals surface area (Å²) in [6.45, 7) is 2.89. The summed E-state index contributed by atoms with van der Waals surface area (Å²) in [5.41, 5.74) is 2.59. The number of carbonyl (C=O) groups excluding carboxylic acids is 1. The van der Waals surface area contributed by atoms with Crippen LogP contribution < -0.4 is 16.3 Å². The fraction of sp³-hybridized carbons (Fsp3) is 0.529. The van der Waals surface area contributed by atoms with Gasteiger partial charge in [0.05, 0.1) is 11.0 Å². The third kappa shape index (κ3) is 4.45. The Kier molecular flexibility index (Phi) is 5.12. The topological polar surface area (TPSA) is 89.8 Å². The molecule has 2 heterocycles. The number of piperidine rings is 1. The average Bonchev–Trinajstić information content (AvgIpc) is 2.93. The number of hydrogen-bond donors (Lipinski definition) is 4. The van der Waals surface area contributed by atoms with Crippen molar-refractivity contribution in [1.29, 1.82) is 0 Å². The van der Waals surface area contributed by atoms with Crippen molar-refractivity contribution >= 4 is 16.9 Å². The Bertz CT molecular complexity index is 713. The highest BCUT2D eigenvalue weighted by atomic mass is 16.1. The number of rotatable bonds is 6. The van der Waals surface area contributed by atoms with E-state index in [2.05, 4.69) is 20.6 Å². The SMILES string of the molecule is O=C(CCCc1ccc2[nH]c(=O)[nH]c2c1)NCC1CCCNC1. The summed E-state index contributed by atoms with van der Waals surface area (Å²) in [4.78, 5) is 28.6. The maximum absolute atomic E-state index is 11.9. The number of H-pyrrole nitrogens is 2. The summed E-state index contributed by atoms with van der Waals surface area (Å²) < 4.78 is 0. The van der Waals surface area contributed by atoms with Gasteiger partial charge in [0.2, 0.25) is 5.91 Å². The molecule has 4 N–H and O–H groups in total. The van der Waals surface area contributed by atoms with Gasteiger partial charge in [0.25, 0.3) is 0 Å². The highest BCUT2D eigenvalue weighted by molar-refractivity contribution is 5.76. The summed E-state index contributed by atoms with van der Waals surface area (Å²) >= 11 is 0. The molecule has 1 unspecified atom stereocenters. The quantitative estimate of drug-likeness (QED) is 0.647. The summed E-state index contributed by atoms with van der Waals surface area (Å²) in [6.07, 6.45) is 4.59. The van der Waals surface area contributed by atoms with Crippen molar-refractivity contribution in [1.82, 2.24) is 20.6 Å². The van der Waals surface area contributed by atoms with Crippen LogP contribution in [0.4, 0.5) is 0 Å². The molecule has 1 aliphatic heterocycles. The van der Waals surface area contributed by atoms with Gasteiger partial charge >= 0.3 is 5.69 Å². The lowest BCUT2D eigenvalue weighted by Crippen LogP contribution is -2.38. The lowest BCUT2D eigenvalue weighted by atomic mass is 9.99. The van der Waals surface area contributed by atoms with E-state index in [1.54, 1.807) is 0 Å². The molecule has 1 atom stereocenters. The number of fused-ring (bicyclic) bond motifs is 1. The van der Waals surface area contributed by atoms with Gasteiger partial charge in [-0.25, -0.2) is 4.79 Å². The van der Waals surface area contributed by atoms with Gasteiger partial charge in [0.1, 0.15) is 0 Å². The number of carbonyl (C=O) groups is 1. The maximum Gasteiger partial charge on any atom is 0.323 e. The van der Waals surface area contributed by atoms with Crippen molar-refractivity contribution < 1.29 is 4.79 Å². The number of aryl methyl sites for hydroxylation is 1. The van der Waals surface area contributed by atoms with Gasteiger partial charge in [-0.1, -0.05) is 6.07 Å². The summed E-state index contributed by atoms with van der Waals surface area (Å²) in [5.74, 6) is 0.701. The Morgan fingerprint density at radius 3 is 2.96 bits per heavy atom. The maximum atomic E-state index is 11.9. The Morgan fingerprint density at radius 1 is 1.26 bits per heavy atom. The van der Waals surface area contributed by atoms with E-state index in [0.717, 1.165) is 49.1 Å². The minimum Gasteiger partial charge on any atom is -0.356 e. The molecule has 1 fully saturated rings. The monoisotopic (exact) mass is 316 g/mol. The van der Waals surface area contributed by atoms with E-state index in [-0.39, 0.29) is 11.6 Å². The van der Waals surface area contributed by atoms with Crippen LogP contribution in [0.5, 0.6) is 0 Å². The number of nitrogens with one attached hydrogen (secondary N) is 4. The first-order valence-corrected chi connectivity index (χ1v) is 8.39. The van der Waals surface area contributed by atoms with Crippen LogP contribution in [0, 0.1) is 5.92 Å². The van der Waals surface area contributed by atoms with Gasteiger partial charge in [-0.3, -0.25) is 4.79 Å². The van der Waals surface area contributed by atoms with Crippen molar-refractivity contribution in [3.8, 4) is 0 Å². The van der Waals surface area contributed by atoms with Crippen LogP contribution in [0.15, 0.2) is 23.0 Å². The van der Waals surface area contributed by atoms with E-state index in [1.807, 2.05) is 18.2 Å². The Morgan fingerprint density at radius 2 is 2.13 bits per heavy atom. The fourth-order valence-electron chi connectivity index (χ4n) is 3.13. The predicted molar refractivity (Wildman–Crippen MR) is 90.5 cm³/mol. The van der Waals surface area contributed by atoms with E-state index in [9.17, 15) is 9.59 Å². The molecule has 23 heavy (non-hydrogen) atoms. The highest BCUT2D eigenvalue weighted by Gasteiger charge is 2.13. The molecule has 124 valence electrons.